The first-order valence-corrected chi connectivity index (χ1v) is 23.2. The van der Waals surface area contributed by atoms with Gasteiger partial charge in [-0.1, -0.05) is 61.2 Å². The molecule has 0 aliphatic rings. The van der Waals surface area contributed by atoms with Gasteiger partial charge in [-0.3, -0.25) is 0 Å². The van der Waals surface area contributed by atoms with Crippen molar-refractivity contribution in [2.75, 3.05) is 0 Å². The number of benzene rings is 4. The van der Waals surface area contributed by atoms with Gasteiger partial charge in [-0.15, -0.1) is 23.8 Å². The van der Waals surface area contributed by atoms with Gasteiger partial charge >= 0.3 is 99.8 Å². The van der Waals surface area contributed by atoms with Crippen LogP contribution in [0.1, 0.15) is 26.7 Å². The van der Waals surface area contributed by atoms with E-state index in [0.717, 1.165) is 53.8 Å². The maximum Gasteiger partial charge on any atom is 0 e. The predicted octanol–water partition coefficient (Wildman–Crippen LogP) is 10.9. The van der Waals surface area contributed by atoms with Gasteiger partial charge in [0.1, 0.15) is 5.82 Å². The van der Waals surface area contributed by atoms with Crippen LogP contribution in [0.5, 0.6) is 0 Å². The quantitative estimate of drug-likeness (QED) is 0.127. The van der Waals surface area contributed by atoms with Crippen LogP contribution < -0.4 is 4.40 Å². The fraction of sp³-hybridized carbons (Fsp3) is 0.150. The van der Waals surface area contributed by atoms with Gasteiger partial charge in [0, 0.05) is 37.9 Å². The minimum Gasteiger partial charge on any atom is 0 e. The van der Waals surface area contributed by atoms with Gasteiger partial charge in [0.15, 0.2) is 0 Å². The molecule has 0 saturated carbocycles. The van der Waals surface area contributed by atoms with E-state index >= 15 is 0 Å². The van der Waals surface area contributed by atoms with Gasteiger partial charge in [-0.2, -0.15) is 11.3 Å². The maximum atomic E-state index is 14.3. The minimum atomic E-state index is -1.72. The molecule has 7 rings (SSSR count). The first-order chi connectivity index (χ1) is 22.0. The van der Waals surface area contributed by atoms with Crippen molar-refractivity contribution in [1.29, 1.82) is 0 Å². The number of hydrogen-bond donors (Lipinski definition) is 0. The third kappa shape index (κ3) is 7.39. The zero-order valence-electron chi connectivity index (χ0n) is 27.5. The molecule has 0 fully saturated rings. The Labute approximate surface area is 292 Å². The molecule has 0 unspecified atom stereocenters. The molecule has 0 spiro atoms. The van der Waals surface area contributed by atoms with Crippen LogP contribution in [0.4, 0.5) is 4.39 Å². The van der Waals surface area contributed by atoms with Crippen LogP contribution in [0.15, 0.2) is 116 Å². The minimum absolute atomic E-state index is 0. The van der Waals surface area contributed by atoms with Crippen molar-refractivity contribution in [3.8, 4) is 33.6 Å². The Morgan fingerprint density at radius 3 is 2.30 bits per heavy atom. The summed E-state index contributed by atoms with van der Waals surface area (Å²) in [7, 11) is 0. The summed E-state index contributed by atoms with van der Waals surface area (Å²) in [5, 5.41) is 2.28. The third-order valence-corrected chi connectivity index (χ3v) is 13.3. The van der Waals surface area contributed by atoms with E-state index in [2.05, 4.69) is 69.7 Å². The third-order valence-electron chi connectivity index (χ3n) is 7.83. The Morgan fingerprint density at radius 2 is 1.61 bits per heavy atom. The summed E-state index contributed by atoms with van der Waals surface area (Å²) >= 11 is -0.0453. The van der Waals surface area contributed by atoms with Crippen LogP contribution in [0.2, 0.25) is 17.3 Å². The normalized spacial score (nSPS) is 11.8. The Balaban J connectivity index is 0.000000217. The SMILES string of the molecule is [2H]C(C)(C)c1ccnc(-c2[c-]ccc3c2sc2cc(-c4ccccc4F)ccc23)c1.[CH3][Ge]([CH3])([CH3])[c]1ccc(-c2[c-]cccc2)nc1.[Ir]. The van der Waals surface area contributed by atoms with E-state index in [0.29, 0.717) is 5.56 Å². The number of fused-ring (bicyclic) bond motifs is 3. The summed E-state index contributed by atoms with van der Waals surface area (Å²) in [6.07, 6.45) is 3.80. The molecule has 0 aliphatic heterocycles. The van der Waals surface area contributed by atoms with Gasteiger partial charge in [0.25, 0.3) is 0 Å². The Hall–Kier alpha value is -3.48. The van der Waals surface area contributed by atoms with Crippen molar-refractivity contribution < 1.29 is 25.9 Å². The number of rotatable bonds is 5. The van der Waals surface area contributed by atoms with E-state index in [9.17, 15) is 4.39 Å². The average molecular weight is 861 g/mol. The van der Waals surface area contributed by atoms with Crippen molar-refractivity contribution in [1.82, 2.24) is 9.97 Å². The molecule has 0 aliphatic carbocycles. The van der Waals surface area contributed by atoms with Crippen molar-refractivity contribution in [3.63, 3.8) is 0 Å². The standard InChI is InChI=1S/C26H19FNS.C14H16GeN.Ir/c1-16(2)17-12-13-28-24(14-17)22-8-5-7-21-20-11-10-18(15-25(20)29-26(21)22)19-6-3-4-9-23(19)27;1-15(2,3)13-9-10-14(16-11-13)12-7-5-4-6-8-12;/h3-7,9-16H,1-2H3;4-7,9-11H,1-3H3;/q2*-1;/i16D;;. The second kappa shape index (κ2) is 14.5. The summed E-state index contributed by atoms with van der Waals surface area (Å²) < 4.78 is 26.3. The second-order valence-electron chi connectivity index (χ2n) is 12.3. The molecule has 233 valence electrons. The van der Waals surface area contributed by atoms with Crippen molar-refractivity contribution in [2.24, 2.45) is 0 Å². The fourth-order valence-electron chi connectivity index (χ4n) is 5.22. The van der Waals surface area contributed by atoms with E-state index in [-0.39, 0.29) is 25.9 Å². The predicted molar refractivity (Wildman–Crippen MR) is 192 cm³/mol. The zero-order chi connectivity index (χ0) is 32.5. The molecular weight excluding hydrogens is 824 g/mol. The average Bonchev–Trinajstić information content (AvgIpc) is 3.43. The van der Waals surface area contributed by atoms with Crippen LogP contribution in [0, 0.1) is 17.9 Å². The number of nitrogens with zero attached hydrogens (tertiary/aromatic N) is 2. The molecule has 0 bridgehead atoms. The van der Waals surface area contributed by atoms with Crippen molar-refractivity contribution >= 4 is 49.2 Å². The van der Waals surface area contributed by atoms with Crippen LogP contribution >= 0.6 is 11.3 Å². The summed E-state index contributed by atoms with van der Waals surface area (Å²) in [4.78, 5) is 9.09. The molecule has 0 saturated heterocycles. The first kappa shape index (κ1) is 32.5. The van der Waals surface area contributed by atoms with Gasteiger partial charge < -0.3 is 4.98 Å². The smallest absolute Gasteiger partial charge is 0 e. The molecule has 0 amide bonds. The van der Waals surface area contributed by atoms with Crippen molar-refractivity contribution in [3.05, 3.63) is 139 Å². The molecule has 2 nitrogen and oxygen atoms in total. The molecule has 4 aromatic carbocycles. The number of aromatic nitrogens is 2. The number of pyridine rings is 2. The Morgan fingerprint density at radius 1 is 0.804 bits per heavy atom. The summed E-state index contributed by atoms with van der Waals surface area (Å²) in [5.41, 5.74) is 6.23. The summed E-state index contributed by atoms with van der Waals surface area (Å²) in [6.45, 7) is 3.75. The van der Waals surface area contributed by atoms with Gasteiger partial charge in [0.2, 0.25) is 0 Å². The van der Waals surface area contributed by atoms with Gasteiger partial charge in [-0.05, 0) is 45.4 Å². The Kier molecular flexibility index (Phi) is 10.2. The summed E-state index contributed by atoms with van der Waals surface area (Å²) in [5.74, 6) is 6.23. The summed E-state index contributed by atoms with van der Waals surface area (Å²) in [6, 6.07) is 39.7. The van der Waals surface area contributed by atoms with E-state index in [1.807, 2.05) is 74.6 Å². The van der Waals surface area contributed by atoms with E-state index < -0.39 is 19.2 Å². The number of halogens is 1. The van der Waals surface area contributed by atoms with Crippen LogP contribution in [-0.2, 0) is 20.1 Å². The Bertz CT molecular complexity index is 2140. The molecule has 3 aromatic heterocycles. The number of thiophene rings is 1. The topological polar surface area (TPSA) is 25.8 Å². The van der Waals surface area contributed by atoms with Gasteiger partial charge in [-0.25, -0.2) is 4.39 Å². The molecule has 7 aromatic rings. The van der Waals surface area contributed by atoms with Gasteiger partial charge in [0.05, 0.1) is 0 Å². The molecule has 46 heavy (non-hydrogen) atoms. The zero-order valence-corrected chi connectivity index (χ0v) is 31.8. The van der Waals surface area contributed by atoms with E-state index in [1.54, 1.807) is 29.7 Å². The van der Waals surface area contributed by atoms with Crippen LogP contribution in [0.3, 0.4) is 0 Å². The molecule has 6 heteroatoms. The molecule has 3 heterocycles. The molecule has 0 N–H and O–H groups in total. The number of hydrogen-bond acceptors (Lipinski definition) is 3. The molecule has 0 atom stereocenters. The van der Waals surface area contributed by atoms with E-state index in [4.69, 9.17) is 1.37 Å². The van der Waals surface area contributed by atoms with Crippen LogP contribution in [-0.4, -0.2) is 23.2 Å². The molecular formula is C40H35FGeIrN2S-2. The second-order valence-corrected chi connectivity index (χ2v) is 24.0. The monoisotopic (exact) mass is 862 g/mol. The first-order valence-electron chi connectivity index (χ1n) is 15.5. The maximum absolute atomic E-state index is 14.3. The van der Waals surface area contributed by atoms with Crippen molar-refractivity contribution in [2.45, 2.75) is 37.0 Å². The molecule has 1 radical (unpaired) electrons. The largest absolute Gasteiger partial charge is 0 e. The van der Waals surface area contributed by atoms with Crippen LogP contribution in [0.25, 0.3) is 53.8 Å². The fourth-order valence-corrected chi connectivity index (χ4v) is 8.64. The van der Waals surface area contributed by atoms with E-state index in [1.165, 1.54) is 10.5 Å².